The quantitative estimate of drug-likeness (QED) is 0.664. The van der Waals surface area contributed by atoms with E-state index in [1.54, 1.807) is 13.0 Å². The predicted molar refractivity (Wildman–Crippen MR) is 63.8 cm³/mol. The second-order valence-electron chi connectivity index (χ2n) is 5.12. The van der Waals surface area contributed by atoms with Gasteiger partial charge in [-0.3, -0.25) is 9.59 Å². The second kappa shape index (κ2) is 3.72. The van der Waals surface area contributed by atoms with Gasteiger partial charge in [0.15, 0.2) is 0 Å². The smallest absolute Gasteiger partial charge is 0.250 e. The van der Waals surface area contributed by atoms with Gasteiger partial charge < -0.3 is 9.47 Å². The Balaban J connectivity index is 2.01. The molecule has 1 amide bonds. The summed E-state index contributed by atoms with van der Waals surface area (Å²) in [4.78, 5) is 25.2. The molecule has 2 aliphatic rings. The molecule has 90 valence electrons. The van der Waals surface area contributed by atoms with Gasteiger partial charge in [0.2, 0.25) is 5.91 Å². The molecule has 0 aliphatic carbocycles. The van der Waals surface area contributed by atoms with E-state index < -0.39 is 0 Å². The van der Waals surface area contributed by atoms with Crippen LogP contribution in [-0.4, -0.2) is 28.5 Å². The van der Waals surface area contributed by atoms with Crippen LogP contribution in [-0.2, 0) is 11.3 Å². The van der Waals surface area contributed by atoms with E-state index in [-0.39, 0.29) is 11.5 Å². The third-order valence-electron chi connectivity index (χ3n) is 3.93. The van der Waals surface area contributed by atoms with Crippen molar-refractivity contribution in [2.75, 3.05) is 13.1 Å². The summed E-state index contributed by atoms with van der Waals surface area (Å²) in [7, 11) is 0. The summed E-state index contributed by atoms with van der Waals surface area (Å²) < 4.78 is 1.89. The average Bonchev–Trinajstić information content (AvgIpc) is 2.30. The normalized spacial score (nSPS) is 26.5. The molecule has 3 heterocycles. The van der Waals surface area contributed by atoms with Crippen molar-refractivity contribution >= 4 is 5.91 Å². The fraction of sp³-hybridized carbons (Fsp3) is 0.538. The van der Waals surface area contributed by atoms with E-state index >= 15 is 0 Å². The number of nitrogens with zero attached hydrogens (tertiary/aromatic N) is 2. The van der Waals surface area contributed by atoms with Crippen molar-refractivity contribution in [3.05, 3.63) is 34.2 Å². The summed E-state index contributed by atoms with van der Waals surface area (Å²) in [6.07, 6.45) is 1.10. The molecule has 1 aromatic heterocycles. The first-order valence-electron chi connectivity index (χ1n) is 6.10. The van der Waals surface area contributed by atoms with Crippen LogP contribution in [0.15, 0.2) is 23.0 Å². The first-order valence-corrected chi connectivity index (χ1v) is 6.10. The van der Waals surface area contributed by atoms with Gasteiger partial charge in [-0.1, -0.05) is 6.07 Å². The summed E-state index contributed by atoms with van der Waals surface area (Å²) in [5, 5.41) is 0. The maximum Gasteiger partial charge on any atom is 0.250 e. The van der Waals surface area contributed by atoms with Crippen molar-refractivity contribution in [3.63, 3.8) is 0 Å². The van der Waals surface area contributed by atoms with Gasteiger partial charge in [-0.15, -0.1) is 0 Å². The van der Waals surface area contributed by atoms with Crippen LogP contribution < -0.4 is 5.56 Å². The van der Waals surface area contributed by atoms with Crippen LogP contribution in [0.2, 0.25) is 0 Å². The maximum atomic E-state index is 11.8. The highest BCUT2D eigenvalue weighted by molar-refractivity contribution is 5.73. The van der Waals surface area contributed by atoms with Gasteiger partial charge >= 0.3 is 0 Å². The number of pyridine rings is 1. The standard InChI is InChI=1S/C13H16N2O2/c1-9(16)14-6-10-5-11(8-14)12-3-2-4-13(17)15(12)7-10/h2-4,10-11H,5-8H2,1H3/t10-,11+/m1/s1. The number of likely N-dealkylation sites (tertiary alicyclic amines) is 1. The Morgan fingerprint density at radius 3 is 2.88 bits per heavy atom. The molecule has 0 radical (unpaired) electrons. The van der Waals surface area contributed by atoms with Crippen molar-refractivity contribution in [2.24, 2.45) is 5.92 Å². The Morgan fingerprint density at radius 2 is 2.12 bits per heavy atom. The topological polar surface area (TPSA) is 42.3 Å². The molecule has 1 fully saturated rings. The second-order valence-corrected chi connectivity index (χ2v) is 5.12. The van der Waals surface area contributed by atoms with Crippen LogP contribution in [0.4, 0.5) is 0 Å². The largest absolute Gasteiger partial charge is 0.342 e. The van der Waals surface area contributed by atoms with Crippen LogP contribution in [0.3, 0.4) is 0 Å². The number of carbonyl (C=O) groups excluding carboxylic acids is 1. The van der Waals surface area contributed by atoms with Crippen LogP contribution in [0.1, 0.15) is 25.0 Å². The molecule has 0 saturated carbocycles. The molecule has 4 heteroatoms. The summed E-state index contributed by atoms with van der Waals surface area (Å²) in [5.41, 5.74) is 1.19. The molecule has 2 bridgehead atoms. The highest BCUT2D eigenvalue weighted by Gasteiger charge is 2.35. The Hall–Kier alpha value is -1.58. The zero-order valence-electron chi connectivity index (χ0n) is 9.93. The summed E-state index contributed by atoms with van der Waals surface area (Å²) in [6, 6.07) is 5.46. The number of piperidine rings is 1. The van der Waals surface area contributed by atoms with Crippen molar-refractivity contribution in [2.45, 2.75) is 25.8 Å². The fourth-order valence-corrected chi connectivity index (χ4v) is 3.15. The van der Waals surface area contributed by atoms with E-state index in [0.717, 1.165) is 31.7 Å². The molecule has 17 heavy (non-hydrogen) atoms. The molecule has 4 nitrogen and oxygen atoms in total. The minimum atomic E-state index is 0.0912. The molecular weight excluding hydrogens is 216 g/mol. The monoisotopic (exact) mass is 232 g/mol. The van der Waals surface area contributed by atoms with Crippen molar-refractivity contribution in [1.82, 2.24) is 9.47 Å². The highest BCUT2D eigenvalue weighted by atomic mass is 16.2. The lowest BCUT2D eigenvalue weighted by molar-refractivity contribution is -0.131. The third-order valence-corrected chi connectivity index (χ3v) is 3.93. The third kappa shape index (κ3) is 1.68. The number of fused-ring (bicyclic) bond motifs is 4. The van der Waals surface area contributed by atoms with E-state index in [1.165, 1.54) is 0 Å². The summed E-state index contributed by atoms with van der Waals surface area (Å²) in [5.74, 6) is 0.914. The van der Waals surface area contributed by atoms with E-state index in [4.69, 9.17) is 0 Å². The van der Waals surface area contributed by atoms with Crippen LogP contribution in [0, 0.1) is 5.92 Å². The lowest BCUT2D eigenvalue weighted by Crippen LogP contribution is -2.48. The van der Waals surface area contributed by atoms with Gasteiger partial charge in [-0.25, -0.2) is 0 Å². The van der Waals surface area contributed by atoms with Gasteiger partial charge in [-0.05, 0) is 18.4 Å². The van der Waals surface area contributed by atoms with Gasteiger partial charge in [0, 0.05) is 44.2 Å². The minimum Gasteiger partial charge on any atom is -0.342 e. The number of hydrogen-bond donors (Lipinski definition) is 0. The van der Waals surface area contributed by atoms with Crippen molar-refractivity contribution < 1.29 is 4.79 Å². The van der Waals surface area contributed by atoms with Gasteiger partial charge in [-0.2, -0.15) is 0 Å². The van der Waals surface area contributed by atoms with Crippen LogP contribution in [0.5, 0.6) is 0 Å². The number of carbonyl (C=O) groups is 1. The lowest BCUT2D eigenvalue weighted by Gasteiger charge is -2.42. The molecule has 1 aromatic rings. The summed E-state index contributed by atoms with van der Waals surface area (Å²) >= 11 is 0. The molecule has 3 rings (SSSR count). The number of rotatable bonds is 0. The Labute approximate surface area is 99.9 Å². The molecule has 0 aromatic carbocycles. The molecule has 2 aliphatic heterocycles. The number of amides is 1. The van der Waals surface area contributed by atoms with Crippen molar-refractivity contribution in [1.29, 1.82) is 0 Å². The molecule has 0 spiro atoms. The Kier molecular flexibility index (Phi) is 2.31. The summed E-state index contributed by atoms with van der Waals surface area (Å²) in [6.45, 7) is 3.94. The van der Waals surface area contributed by atoms with E-state index in [2.05, 4.69) is 0 Å². The molecular formula is C13H16N2O2. The van der Waals surface area contributed by atoms with Gasteiger partial charge in [0.25, 0.3) is 5.56 Å². The molecule has 1 saturated heterocycles. The average molecular weight is 232 g/mol. The van der Waals surface area contributed by atoms with Crippen LogP contribution >= 0.6 is 0 Å². The van der Waals surface area contributed by atoms with E-state index in [0.29, 0.717) is 11.8 Å². The van der Waals surface area contributed by atoms with Gasteiger partial charge in [0.1, 0.15) is 0 Å². The predicted octanol–water partition coefficient (Wildman–Crippen LogP) is 0.814. The van der Waals surface area contributed by atoms with Crippen molar-refractivity contribution in [3.8, 4) is 0 Å². The lowest BCUT2D eigenvalue weighted by atomic mass is 9.83. The van der Waals surface area contributed by atoms with Crippen LogP contribution in [0.25, 0.3) is 0 Å². The Morgan fingerprint density at radius 1 is 1.29 bits per heavy atom. The molecule has 2 atom stereocenters. The molecule has 0 unspecified atom stereocenters. The zero-order valence-corrected chi connectivity index (χ0v) is 9.93. The minimum absolute atomic E-state index is 0.0912. The number of aromatic nitrogens is 1. The van der Waals surface area contributed by atoms with Gasteiger partial charge in [0.05, 0.1) is 0 Å². The maximum absolute atomic E-state index is 11.8. The SMILES string of the molecule is CC(=O)N1C[C@H]2C[C@@H](C1)c1cccc(=O)n1C2. The highest BCUT2D eigenvalue weighted by Crippen LogP contribution is 2.34. The fourth-order valence-electron chi connectivity index (χ4n) is 3.15. The van der Waals surface area contributed by atoms with E-state index in [9.17, 15) is 9.59 Å². The van der Waals surface area contributed by atoms with E-state index in [1.807, 2.05) is 21.6 Å². The Bertz CT molecular complexity index is 520. The number of hydrogen-bond acceptors (Lipinski definition) is 2. The first kappa shape index (κ1) is 10.6. The first-order chi connectivity index (χ1) is 8.15. The zero-order chi connectivity index (χ0) is 12.0. The molecule has 0 N–H and O–H groups in total.